The van der Waals surface area contributed by atoms with Gasteiger partial charge in [-0.05, 0) is 61.3 Å². The Morgan fingerprint density at radius 2 is 1.50 bits per heavy atom. The average Bonchev–Trinajstić information content (AvgIpc) is 2.56. The van der Waals surface area contributed by atoms with Crippen LogP contribution in [0.2, 0.25) is 0 Å². The maximum Gasteiger partial charge on any atom is 0.127 e. The molecule has 2 aromatic carbocycles. The number of likely N-dealkylation sites (tertiary alicyclic amines) is 1. The number of nitrogens with zero attached hydrogens (tertiary/aromatic N) is 1. The summed E-state index contributed by atoms with van der Waals surface area (Å²) < 4.78 is 5.92. The molecule has 1 N–H and O–H groups in total. The van der Waals surface area contributed by atoms with Gasteiger partial charge in [-0.15, -0.1) is 0 Å². The first kappa shape index (κ1) is 15.1. The van der Waals surface area contributed by atoms with Crippen LogP contribution in [0.3, 0.4) is 0 Å². The zero-order valence-corrected chi connectivity index (χ0v) is 12.9. The molecular formula is C19H23NO2. The van der Waals surface area contributed by atoms with Crippen molar-refractivity contribution in [2.24, 2.45) is 0 Å². The maximum atomic E-state index is 9.19. The van der Waals surface area contributed by atoms with E-state index in [1.807, 2.05) is 36.4 Å². The predicted octanol–water partition coefficient (Wildman–Crippen LogP) is 3.96. The standard InChI is InChI=1S/C19H23NO2/c21-15-17-7-5-9-19(13-17)22-18-8-4-6-16(12-18)14-20-10-2-1-3-11-20/h4-9,12-13,21H,1-3,10-11,14-15H2. The van der Waals surface area contributed by atoms with E-state index >= 15 is 0 Å². The lowest BCUT2D eigenvalue weighted by Gasteiger charge is -2.26. The Labute approximate surface area is 132 Å². The molecule has 0 aliphatic carbocycles. The zero-order chi connectivity index (χ0) is 15.2. The van der Waals surface area contributed by atoms with E-state index in [9.17, 15) is 5.11 Å². The van der Waals surface area contributed by atoms with Gasteiger partial charge in [-0.25, -0.2) is 0 Å². The Balaban J connectivity index is 1.67. The van der Waals surface area contributed by atoms with Gasteiger partial charge in [-0.2, -0.15) is 0 Å². The van der Waals surface area contributed by atoms with Gasteiger partial charge in [0.25, 0.3) is 0 Å². The van der Waals surface area contributed by atoms with Gasteiger partial charge >= 0.3 is 0 Å². The number of piperidine rings is 1. The van der Waals surface area contributed by atoms with Crippen molar-refractivity contribution >= 4 is 0 Å². The van der Waals surface area contributed by atoms with Crippen LogP contribution in [0.15, 0.2) is 48.5 Å². The van der Waals surface area contributed by atoms with Crippen LogP contribution in [-0.2, 0) is 13.2 Å². The van der Waals surface area contributed by atoms with Crippen molar-refractivity contribution in [3.05, 3.63) is 59.7 Å². The molecule has 0 radical (unpaired) electrons. The fourth-order valence-electron chi connectivity index (χ4n) is 2.93. The molecule has 1 heterocycles. The van der Waals surface area contributed by atoms with E-state index in [0.29, 0.717) is 0 Å². The van der Waals surface area contributed by atoms with Gasteiger partial charge in [-0.3, -0.25) is 4.90 Å². The quantitative estimate of drug-likeness (QED) is 0.907. The first-order valence-corrected chi connectivity index (χ1v) is 8.02. The van der Waals surface area contributed by atoms with Crippen LogP contribution in [0.5, 0.6) is 11.5 Å². The molecular weight excluding hydrogens is 274 g/mol. The minimum atomic E-state index is 0.0339. The van der Waals surface area contributed by atoms with Crippen LogP contribution >= 0.6 is 0 Å². The molecule has 0 spiro atoms. The summed E-state index contributed by atoms with van der Waals surface area (Å²) in [7, 11) is 0. The highest BCUT2D eigenvalue weighted by Crippen LogP contribution is 2.24. The average molecular weight is 297 g/mol. The van der Waals surface area contributed by atoms with E-state index in [4.69, 9.17) is 4.74 Å². The van der Waals surface area contributed by atoms with E-state index in [2.05, 4.69) is 17.0 Å². The number of rotatable bonds is 5. The lowest BCUT2D eigenvalue weighted by Crippen LogP contribution is -2.29. The Morgan fingerprint density at radius 1 is 0.864 bits per heavy atom. The lowest BCUT2D eigenvalue weighted by atomic mass is 10.1. The highest BCUT2D eigenvalue weighted by atomic mass is 16.5. The second-order valence-corrected chi connectivity index (χ2v) is 5.89. The summed E-state index contributed by atoms with van der Waals surface area (Å²) in [4.78, 5) is 2.51. The molecule has 0 saturated carbocycles. The van der Waals surface area contributed by atoms with Gasteiger partial charge in [0.1, 0.15) is 11.5 Å². The maximum absolute atomic E-state index is 9.19. The summed E-state index contributed by atoms with van der Waals surface area (Å²) in [5.41, 5.74) is 2.15. The summed E-state index contributed by atoms with van der Waals surface area (Å²) >= 11 is 0. The normalized spacial score (nSPS) is 15.7. The van der Waals surface area contributed by atoms with E-state index in [1.165, 1.54) is 37.9 Å². The van der Waals surface area contributed by atoms with Crippen LogP contribution < -0.4 is 4.74 Å². The molecule has 3 rings (SSSR count). The Morgan fingerprint density at radius 3 is 2.18 bits per heavy atom. The van der Waals surface area contributed by atoms with Crippen molar-refractivity contribution in [2.75, 3.05) is 13.1 Å². The van der Waals surface area contributed by atoms with Gasteiger partial charge in [0.05, 0.1) is 6.61 Å². The second kappa shape index (κ2) is 7.43. The highest BCUT2D eigenvalue weighted by Gasteiger charge is 2.10. The molecule has 0 aromatic heterocycles. The summed E-state index contributed by atoms with van der Waals surface area (Å²) in [5, 5.41) is 9.19. The smallest absolute Gasteiger partial charge is 0.127 e. The first-order chi connectivity index (χ1) is 10.8. The van der Waals surface area contributed by atoms with E-state index < -0.39 is 0 Å². The Hall–Kier alpha value is -1.84. The molecule has 22 heavy (non-hydrogen) atoms. The molecule has 3 nitrogen and oxygen atoms in total. The molecule has 0 unspecified atom stereocenters. The molecule has 1 aliphatic heterocycles. The van der Waals surface area contributed by atoms with E-state index in [1.54, 1.807) is 0 Å². The molecule has 1 aliphatic rings. The van der Waals surface area contributed by atoms with Crippen LogP contribution in [-0.4, -0.2) is 23.1 Å². The van der Waals surface area contributed by atoms with Gasteiger partial charge in [0.2, 0.25) is 0 Å². The fraction of sp³-hybridized carbons (Fsp3) is 0.368. The third kappa shape index (κ3) is 4.09. The van der Waals surface area contributed by atoms with Crippen LogP contribution in [0.25, 0.3) is 0 Å². The van der Waals surface area contributed by atoms with Crippen molar-refractivity contribution in [3.63, 3.8) is 0 Å². The number of ether oxygens (including phenoxy) is 1. The van der Waals surface area contributed by atoms with Gasteiger partial charge in [0.15, 0.2) is 0 Å². The summed E-state index contributed by atoms with van der Waals surface area (Å²) in [5.74, 6) is 1.62. The molecule has 1 fully saturated rings. The summed E-state index contributed by atoms with van der Waals surface area (Å²) in [6, 6.07) is 15.9. The van der Waals surface area contributed by atoms with Crippen LogP contribution in [0.4, 0.5) is 0 Å². The fourth-order valence-corrected chi connectivity index (χ4v) is 2.93. The number of benzene rings is 2. The van der Waals surface area contributed by atoms with Crippen molar-refractivity contribution in [2.45, 2.75) is 32.4 Å². The van der Waals surface area contributed by atoms with Gasteiger partial charge in [0, 0.05) is 6.54 Å². The number of hydrogen-bond donors (Lipinski definition) is 1. The monoisotopic (exact) mass is 297 g/mol. The Kier molecular flexibility index (Phi) is 5.09. The molecule has 0 atom stereocenters. The Bertz CT molecular complexity index is 606. The van der Waals surface area contributed by atoms with Gasteiger partial charge < -0.3 is 9.84 Å². The topological polar surface area (TPSA) is 32.7 Å². The lowest BCUT2D eigenvalue weighted by molar-refractivity contribution is 0.220. The molecule has 2 aromatic rings. The molecule has 116 valence electrons. The third-order valence-corrected chi connectivity index (χ3v) is 4.07. The first-order valence-electron chi connectivity index (χ1n) is 8.02. The van der Waals surface area contributed by atoms with Crippen molar-refractivity contribution in [1.29, 1.82) is 0 Å². The van der Waals surface area contributed by atoms with Crippen molar-refractivity contribution in [1.82, 2.24) is 4.90 Å². The second-order valence-electron chi connectivity index (χ2n) is 5.89. The molecule has 3 heteroatoms. The summed E-state index contributed by atoms with van der Waals surface area (Å²) in [6.45, 7) is 3.42. The molecule has 1 saturated heterocycles. The van der Waals surface area contributed by atoms with Crippen LogP contribution in [0, 0.1) is 0 Å². The predicted molar refractivity (Wildman–Crippen MR) is 88.0 cm³/mol. The number of aliphatic hydroxyl groups is 1. The molecule has 0 bridgehead atoms. The van der Waals surface area contributed by atoms with Crippen molar-refractivity contribution in [3.8, 4) is 11.5 Å². The van der Waals surface area contributed by atoms with Crippen LogP contribution in [0.1, 0.15) is 30.4 Å². The zero-order valence-electron chi connectivity index (χ0n) is 12.9. The number of hydrogen-bond acceptors (Lipinski definition) is 3. The highest BCUT2D eigenvalue weighted by molar-refractivity contribution is 5.35. The van der Waals surface area contributed by atoms with E-state index in [0.717, 1.165) is 23.6 Å². The van der Waals surface area contributed by atoms with Crippen molar-refractivity contribution < 1.29 is 9.84 Å². The number of aliphatic hydroxyl groups excluding tert-OH is 1. The van der Waals surface area contributed by atoms with E-state index in [-0.39, 0.29) is 6.61 Å². The minimum Gasteiger partial charge on any atom is -0.457 e. The third-order valence-electron chi connectivity index (χ3n) is 4.07. The summed E-state index contributed by atoms with van der Waals surface area (Å²) in [6.07, 6.45) is 3.98. The van der Waals surface area contributed by atoms with Gasteiger partial charge in [-0.1, -0.05) is 30.7 Å². The minimum absolute atomic E-state index is 0.0339. The SMILES string of the molecule is OCc1cccc(Oc2cccc(CN3CCCCC3)c2)c1. The molecule has 0 amide bonds. The largest absolute Gasteiger partial charge is 0.457 e.